The molecule has 0 bridgehead atoms. The van der Waals surface area contributed by atoms with E-state index in [0.29, 0.717) is 16.4 Å². The fraction of sp³-hybridized carbons (Fsp3) is 0.294. The number of imidazole rings is 1. The maximum atomic E-state index is 12.6. The van der Waals surface area contributed by atoms with Gasteiger partial charge in [-0.1, -0.05) is 11.6 Å². The van der Waals surface area contributed by atoms with Gasteiger partial charge >= 0.3 is 0 Å². The van der Waals surface area contributed by atoms with Crippen molar-refractivity contribution in [2.75, 3.05) is 0 Å². The van der Waals surface area contributed by atoms with Crippen LogP contribution in [0.1, 0.15) is 28.4 Å². The number of nitrogens with zero attached hydrogens (tertiary/aromatic N) is 2. The van der Waals surface area contributed by atoms with Crippen LogP contribution in [0.2, 0.25) is 5.02 Å². The van der Waals surface area contributed by atoms with Crippen LogP contribution < -0.4 is 5.32 Å². The number of hydrogen-bond donors (Lipinski definition) is 1. The molecule has 1 amide bonds. The standard InChI is InChI=1S/C17H16ClN3O2/c1-10-13-8-11(18)2-4-14(13)23-16(10)17(22)20-12-3-5-15-19-6-7-21(15)9-12/h2,4,6-8,12H,3,5,9H2,1H3,(H,20,22). The zero-order chi connectivity index (χ0) is 16.0. The highest BCUT2D eigenvalue weighted by molar-refractivity contribution is 6.31. The molecule has 1 aliphatic heterocycles. The van der Waals surface area contributed by atoms with Gasteiger partial charge in [-0.2, -0.15) is 0 Å². The number of halogens is 1. The van der Waals surface area contributed by atoms with Crippen molar-refractivity contribution in [1.82, 2.24) is 14.9 Å². The van der Waals surface area contributed by atoms with E-state index in [-0.39, 0.29) is 11.9 Å². The summed E-state index contributed by atoms with van der Waals surface area (Å²) in [5.41, 5.74) is 1.50. The molecule has 0 saturated carbocycles. The van der Waals surface area contributed by atoms with Crippen molar-refractivity contribution in [1.29, 1.82) is 0 Å². The fourth-order valence-electron chi connectivity index (χ4n) is 3.14. The predicted molar refractivity (Wildman–Crippen MR) is 87.8 cm³/mol. The summed E-state index contributed by atoms with van der Waals surface area (Å²) < 4.78 is 7.80. The summed E-state index contributed by atoms with van der Waals surface area (Å²) in [4.78, 5) is 16.9. The Morgan fingerprint density at radius 1 is 1.48 bits per heavy atom. The van der Waals surface area contributed by atoms with Crippen LogP contribution in [0.25, 0.3) is 11.0 Å². The third-order valence-electron chi connectivity index (χ3n) is 4.37. The summed E-state index contributed by atoms with van der Waals surface area (Å²) in [7, 11) is 0. The molecule has 23 heavy (non-hydrogen) atoms. The van der Waals surface area contributed by atoms with E-state index in [0.717, 1.165) is 36.2 Å². The van der Waals surface area contributed by atoms with Crippen molar-refractivity contribution in [2.24, 2.45) is 0 Å². The van der Waals surface area contributed by atoms with Gasteiger partial charge in [0.15, 0.2) is 5.76 Å². The zero-order valence-electron chi connectivity index (χ0n) is 12.7. The normalized spacial score (nSPS) is 17.2. The molecule has 1 aromatic carbocycles. The van der Waals surface area contributed by atoms with E-state index in [9.17, 15) is 4.79 Å². The summed E-state index contributed by atoms with van der Waals surface area (Å²) in [5, 5.41) is 4.58. The van der Waals surface area contributed by atoms with Gasteiger partial charge < -0.3 is 14.3 Å². The number of rotatable bonds is 2. The van der Waals surface area contributed by atoms with Crippen molar-refractivity contribution < 1.29 is 9.21 Å². The van der Waals surface area contributed by atoms with Crippen molar-refractivity contribution in [3.8, 4) is 0 Å². The Kier molecular flexibility index (Phi) is 3.38. The van der Waals surface area contributed by atoms with Crippen LogP contribution in [0, 0.1) is 6.92 Å². The van der Waals surface area contributed by atoms with E-state index in [2.05, 4.69) is 14.9 Å². The topological polar surface area (TPSA) is 60.1 Å². The molecule has 1 unspecified atom stereocenters. The van der Waals surface area contributed by atoms with Crippen LogP contribution in [-0.2, 0) is 13.0 Å². The van der Waals surface area contributed by atoms with Gasteiger partial charge in [-0.15, -0.1) is 0 Å². The van der Waals surface area contributed by atoms with Gasteiger partial charge in [0.05, 0.1) is 0 Å². The molecule has 1 N–H and O–H groups in total. The Bertz CT molecular complexity index is 897. The molecular weight excluding hydrogens is 314 g/mol. The van der Waals surface area contributed by atoms with Crippen molar-refractivity contribution in [3.63, 3.8) is 0 Å². The summed E-state index contributed by atoms with van der Waals surface area (Å²) in [6.45, 7) is 2.62. The molecule has 2 aromatic heterocycles. The largest absolute Gasteiger partial charge is 0.451 e. The Morgan fingerprint density at radius 2 is 2.35 bits per heavy atom. The van der Waals surface area contributed by atoms with E-state index in [1.165, 1.54) is 0 Å². The summed E-state index contributed by atoms with van der Waals surface area (Å²) in [6, 6.07) is 5.46. The molecule has 6 heteroatoms. The van der Waals surface area contributed by atoms with Crippen LogP contribution in [0.15, 0.2) is 35.0 Å². The first-order valence-corrected chi connectivity index (χ1v) is 7.99. The fourth-order valence-corrected chi connectivity index (χ4v) is 3.32. The molecule has 0 radical (unpaired) electrons. The Labute approximate surface area is 138 Å². The number of nitrogens with one attached hydrogen (secondary N) is 1. The van der Waals surface area contributed by atoms with Gasteiger partial charge in [-0.3, -0.25) is 4.79 Å². The van der Waals surface area contributed by atoms with Crippen LogP contribution in [-0.4, -0.2) is 21.5 Å². The molecule has 0 aliphatic carbocycles. The minimum Gasteiger partial charge on any atom is -0.451 e. The van der Waals surface area contributed by atoms with Gasteiger partial charge in [0, 0.05) is 47.4 Å². The monoisotopic (exact) mass is 329 g/mol. The number of amides is 1. The molecule has 0 spiro atoms. The summed E-state index contributed by atoms with van der Waals surface area (Å²) in [6.07, 6.45) is 5.50. The SMILES string of the molecule is Cc1c(C(=O)NC2CCc3nccn3C2)oc2ccc(Cl)cc12. The third kappa shape index (κ3) is 2.51. The molecule has 1 atom stereocenters. The lowest BCUT2D eigenvalue weighted by Gasteiger charge is -2.24. The average molecular weight is 330 g/mol. The lowest BCUT2D eigenvalue weighted by Crippen LogP contribution is -2.40. The molecule has 0 saturated heterocycles. The van der Waals surface area contributed by atoms with Crippen LogP contribution in [0.5, 0.6) is 0 Å². The maximum absolute atomic E-state index is 12.6. The second-order valence-electron chi connectivity index (χ2n) is 5.90. The van der Waals surface area contributed by atoms with Crippen molar-refractivity contribution >= 4 is 28.5 Å². The number of hydrogen-bond acceptors (Lipinski definition) is 3. The summed E-state index contributed by atoms with van der Waals surface area (Å²) in [5.74, 6) is 1.26. The number of fused-ring (bicyclic) bond motifs is 2. The van der Waals surface area contributed by atoms with Crippen molar-refractivity contribution in [3.05, 3.63) is 52.8 Å². The van der Waals surface area contributed by atoms with Gasteiger partial charge in [-0.05, 0) is 31.5 Å². The molecule has 4 rings (SSSR count). The Morgan fingerprint density at radius 3 is 3.22 bits per heavy atom. The van der Waals surface area contributed by atoms with Crippen LogP contribution in [0.4, 0.5) is 0 Å². The smallest absolute Gasteiger partial charge is 0.287 e. The van der Waals surface area contributed by atoms with E-state index in [1.807, 2.05) is 19.2 Å². The molecule has 0 fully saturated rings. The highest BCUT2D eigenvalue weighted by atomic mass is 35.5. The van der Waals surface area contributed by atoms with Gasteiger partial charge in [0.1, 0.15) is 11.4 Å². The third-order valence-corrected chi connectivity index (χ3v) is 4.61. The second-order valence-corrected chi connectivity index (χ2v) is 6.34. The molecule has 118 valence electrons. The van der Waals surface area contributed by atoms with Crippen LogP contribution >= 0.6 is 11.6 Å². The quantitative estimate of drug-likeness (QED) is 0.784. The first-order chi connectivity index (χ1) is 11.1. The predicted octanol–water partition coefficient (Wildman–Crippen LogP) is 3.34. The second kappa shape index (κ2) is 5.42. The molecule has 5 nitrogen and oxygen atoms in total. The Hall–Kier alpha value is -2.27. The minimum absolute atomic E-state index is 0.0837. The summed E-state index contributed by atoms with van der Waals surface area (Å²) >= 11 is 6.02. The minimum atomic E-state index is -0.177. The van der Waals surface area contributed by atoms with E-state index in [4.69, 9.17) is 16.0 Å². The highest BCUT2D eigenvalue weighted by Gasteiger charge is 2.24. The number of carbonyl (C=O) groups excluding carboxylic acids is 1. The van der Waals surface area contributed by atoms with E-state index >= 15 is 0 Å². The maximum Gasteiger partial charge on any atom is 0.287 e. The number of benzene rings is 1. The van der Waals surface area contributed by atoms with Crippen molar-refractivity contribution in [2.45, 2.75) is 32.4 Å². The molecule has 3 aromatic rings. The molecule has 1 aliphatic rings. The lowest BCUT2D eigenvalue weighted by molar-refractivity contribution is 0.0900. The van der Waals surface area contributed by atoms with E-state index < -0.39 is 0 Å². The lowest BCUT2D eigenvalue weighted by atomic mass is 10.1. The zero-order valence-corrected chi connectivity index (χ0v) is 13.4. The number of carbonyl (C=O) groups is 1. The average Bonchev–Trinajstić information content (AvgIpc) is 3.12. The first-order valence-electron chi connectivity index (χ1n) is 7.61. The highest BCUT2D eigenvalue weighted by Crippen LogP contribution is 2.28. The van der Waals surface area contributed by atoms with Gasteiger partial charge in [-0.25, -0.2) is 4.98 Å². The Balaban J connectivity index is 1.57. The van der Waals surface area contributed by atoms with E-state index in [1.54, 1.807) is 18.3 Å². The molecule has 3 heterocycles. The van der Waals surface area contributed by atoms with Gasteiger partial charge in [0.25, 0.3) is 5.91 Å². The number of aryl methyl sites for hydroxylation is 2. The number of aromatic nitrogens is 2. The molecular formula is C17H16ClN3O2. The number of furan rings is 1. The van der Waals surface area contributed by atoms with Crippen LogP contribution in [0.3, 0.4) is 0 Å². The van der Waals surface area contributed by atoms with Gasteiger partial charge in [0.2, 0.25) is 0 Å². The first kappa shape index (κ1) is 14.3.